The highest BCUT2D eigenvalue weighted by Gasteiger charge is 2.19. The molecule has 4 heteroatoms. The molecule has 0 aliphatic carbocycles. The van der Waals surface area contributed by atoms with E-state index in [9.17, 15) is 9.90 Å². The topological polar surface area (TPSA) is 60.8 Å². The molecule has 0 radical (unpaired) electrons. The van der Waals surface area contributed by atoms with Gasteiger partial charge in [-0.2, -0.15) is 0 Å². The Morgan fingerprint density at radius 1 is 1.39 bits per heavy atom. The maximum absolute atomic E-state index is 10.4. The van der Waals surface area contributed by atoms with Gasteiger partial charge in [0, 0.05) is 25.7 Å². The monoisotopic (exact) mass is 247 g/mol. The molecule has 1 atom stereocenters. The van der Waals surface area contributed by atoms with E-state index in [1.54, 1.807) is 6.08 Å². The molecule has 4 nitrogen and oxygen atoms in total. The lowest BCUT2D eigenvalue weighted by Crippen LogP contribution is -2.21. The average Bonchev–Trinajstić information content (AvgIpc) is 2.74. The number of benzene rings is 1. The second-order valence-corrected chi connectivity index (χ2v) is 4.59. The van der Waals surface area contributed by atoms with E-state index in [4.69, 9.17) is 5.11 Å². The first-order valence-electron chi connectivity index (χ1n) is 6.04. The van der Waals surface area contributed by atoms with Crippen LogP contribution >= 0.6 is 0 Å². The van der Waals surface area contributed by atoms with Crippen LogP contribution in [0.3, 0.4) is 0 Å². The Labute approximate surface area is 106 Å². The van der Waals surface area contributed by atoms with Gasteiger partial charge in [0.05, 0.1) is 6.10 Å². The van der Waals surface area contributed by atoms with Gasteiger partial charge in [0.25, 0.3) is 0 Å². The Bertz CT molecular complexity index is 439. The number of hydrogen-bond acceptors (Lipinski definition) is 3. The average molecular weight is 247 g/mol. The van der Waals surface area contributed by atoms with Crippen molar-refractivity contribution >= 4 is 12.0 Å². The minimum absolute atomic E-state index is 0.192. The van der Waals surface area contributed by atoms with Gasteiger partial charge < -0.3 is 10.2 Å². The summed E-state index contributed by atoms with van der Waals surface area (Å²) >= 11 is 0. The van der Waals surface area contributed by atoms with Crippen LogP contribution in [0.25, 0.3) is 6.08 Å². The highest BCUT2D eigenvalue weighted by atomic mass is 16.4. The molecule has 1 aromatic rings. The number of carboxylic acid groups (broad SMARTS) is 1. The Morgan fingerprint density at radius 3 is 2.67 bits per heavy atom. The Kier molecular flexibility index (Phi) is 4.12. The maximum Gasteiger partial charge on any atom is 0.328 e. The molecule has 1 saturated heterocycles. The van der Waals surface area contributed by atoms with Crippen LogP contribution in [0.4, 0.5) is 0 Å². The van der Waals surface area contributed by atoms with Crippen LogP contribution in [-0.2, 0) is 11.3 Å². The third kappa shape index (κ3) is 3.68. The molecular weight excluding hydrogens is 230 g/mol. The first-order chi connectivity index (χ1) is 8.63. The van der Waals surface area contributed by atoms with Crippen molar-refractivity contribution in [2.45, 2.75) is 19.1 Å². The molecule has 0 bridgehead atoms. The second-order valence-electron chi connectivity index (χ2n) is 4.59. The van der Waals surface area contributed by atoms with Gasteiger partial charge in [-0.1, -0.05) is 24.3 Å². The van der Waals surface area contributed by atoms with E-state index in [1.807, 2.05) is 24.3 Å². The third-order valence-electron chi connectivity index (χ3n) is 3.05. The molecule has 2 N–H and O–H groups in total. The van der Waals surface area contributed by atoms with E-state index in [-0.39, 0.29) is 6.10 Å². The van der Waals surface area contributed by atoms with E-state index in [0.29, 0.717) is 0 Å². The number of nitrogens with zero attached hydrogens (tertiary/aromatic N) is 1. The summed E-state index contributed by atoms with van der Waals surface area (Å²) < 4.78 is 0. The molecule has 1 aliphatic heterocycles. The highest BCUT2D eigenvalue weighted by Crippen LogP contribution is 2.14. The Morgan fingerprint density at radius 2 is 2.11 bits per heavy atom. The Hall–Kier alpha value is -1.65. The molecule has 0 aromatic heterocycles. The van der Waals surface area contributed by atoms with Crippen molar-refractivity contribution < 1.29 is 15.0 Å². The van der Waals surface area contributed by atoms with Gasteiger partial charge in [-0.3, -0.25) is 4.90 Å². The zero-order valence-electron chi connectivity index (χ0n) is 10.1. The summed E-state index contributed by atoms with van der Waals surface area (Å²) in [6, 6.07) is 7.79. The van der Waals surface area contributed by atoms with E-state index in [1.165, 1.54) is 5.56 Å². The summed E-state index contributed by atoms with van der Waals surface area (Å²) in [6.45, 7) is 2.50. The number of carbonyl (C=O) groups is 1. The minimum Gasteiger partial charge on any atom is -0.478 e. The number of carboxylic acids is 1. The second kappa shape index (κ2) is 5.80. The van der Waals surface area contributed by atoms with Crippen molar-refractivity contribution in [3.05, 3.63) is 41.5 Å². The van der Waals surface area contributed by atoms with Crippen LogP contribution in [0, 0.1) is 0 Å². The number of rotatable bonds is 4. The third-order valence-corrected chi connectivity index (χ3v) is 3.05. The normalized spacial score (nSPS) is 20.6. The molecule has 1 fully saturated rings. The van der Waals surface area contributed by atoms with Crippen molar-refractivity contribution in [1.29, 1.82) is 0 Å². The molecule has 96 valence electrons. The van der Waals surface area contributed by atoms with Gasteiger partial charge in [-0.15, -0.1) is 0 Å². The predicted octanol–water partition coefficient (Wildman–Crippen LogP) is 1.35. The van der Waals surface area contributed by atoms with E-state index in [0.717, 1.165) is 37.7 Å². The number of aliphatic hydroxyl groups excluding tert-OH is 1. The molecule has 0 spiro atoms. The fraction of sp³-hybridized carbons (Fsp3) is 0.357. The highest BCUT2D eigenvalue weighted by molar-refractivity contribution is 5.85. The van der Waals surface area contributed by atoms with E-state index < -0.39 is 5.97 Å². The molecule has 1 aromatic carbocycles. The summed E-state index contributed by atoms with van der Waals surface area (Å²) in [4.78, 5) is 12.6. The van der Waals surface area contributed by atoms with Gasteiger partial charge in [-0.05, 0) is 23.6 Å². The quantitative estimate of drug-likeness (QED) is 0.788. The van der Waals surface area contributed by atoms with Crippen LogP contribution in [0.2, 0.25) is 0 Å². The van der Waals surface area contributed by atoms with Crippen LogP contribution in [0.5, 0.6) is 0 Å². The molecule has 0 saturated carbocycles. The van der Waals surface area contributed by atoms with Crippen molar-refractivity contribution in [3.8, 4) is 0 Å². The number of likely N-dealkylation sites (tertiary alicyclic amines) is 1. The van der Waals surface area contributed by atoms with Crippen LogP contribution < -0.4 is 0 Å². The van der Waals surface area contributed by atoms with Gasteiger partial charge >= 0.3 is 5.97 Å². The SMILES string of the molecule is O=C(O)C=Cc1ccc(CN2CCC(O)C2)cc1. The summed E-state index contributed by atoms with van der Waals surface area (Å²) in [5.41, 5.74) is 2.05. The first-order valence-corrected chi connectivity index (χ1v) is 6.04. The molecule has 1 unspecified atom stereocenters. The smallest absolute Gasteiger partial charge is 0.328 e. The standard InChI is InChI=1S/C14H17NO3/c16-13-7-8-15(10-13)9-12-3-1-11(2-4-12)5-6-14(17)18/h1-6,13,16H,7-10H2,(H,17,18). The molecule has 1 heterocycles. The lowest BCUT2D eigenvalue weighted by molar-refractivity contribution is -0.131. The number of aliphatic hydroxyl groups is 1. The molecule has 1 aliphatic rings. The van der Waals surface area contributed by atoms with Crippen molar-refractivity contribution in [2.75, 3.05) is 13.1 Å². The van der Waals surface area contributed by atoms with Gasteiger partial charge in [0.15, 0.2) is 0 Å². The molecule has 0 amide bonds. The fourth-order valence-electron chi connectivity index (χ4n) is 2.12. The minimum atomic E-state index is -0.940. The zero-order chi connectivity index (χ0) is 13.0. The number of β-amino-alcohol motifs (C(OH)–C–C–N with tert-alkyl or cyclic N) is 1. The van der Waals surface area contributed by atoms with E-state index in [2.05, 4.69) is 4.90 Å². The number of hydrogen-bond donors (Lipinski definition) is 2. The molecular formula is C14H17NO3. The van der Waals surface area contributed by atoms with Crippen LogP contribution in [-0.4, -0.2) is 40.3 Å². The number of aliphatic carboxylic acids is 1. The summed E-state index contributed by atoms with van der Waals surface area (Å²) in [5.74, 6) is -0.940. The van der Waals surface area contributed by atoms with Crippen molar-refractivity contribution in [1.82, 2.24) is 4.90 Å². The lowest BCUT2D eigenvalue weighted by atomic mass is 10.1. The zero-order valence-corrected chi connectivity index (χ0v) is 10.1. The summed E-state index contributed by atoms with van der Waals surface area (Å²) in [5, 5.41) is 18.0. The van der Waals surface area contributed by atoms with Gasteiger partial charge in [0.2, 0.25) is 0 Å². The van der Waals surface area contributed by atoms with Crippen LogP contribution in [0.1, 0.15) is 17.5 Å². The van der Waals surface area contributed by atoms with Gasteiger partial charge in [0.1, 0.15) is 0 Å². The fourth-order valence-corrected chi connectivity index (χ4v) is 2.12. The molecule has 18 heavy (non-hydrogen) atoms. The Balaban J connectivity index is 1.93. The van der Waals surface area contributed by atoms with E-state index >= 15 is 0 Å². The maximum atomic E-state index is 10.4. The van der Waals surface area contributed by atoms with Crippen molar-refractivity contribution in [2.24, 2.45) is 0 Å². The largest absolute Gasteiger partial charge is 0.478 e. The first kappa shape index (κ1) is 12.8. The summed E-state index contributed by atoms with van der Waals surface area (Å²) in [7, 11) is 0. The van der Waals surface area contributed by atoms with Crippen LogP contribution in [0.15, 0.2) is 30.3 Å². The molecule has 2 rings (SSSR count). The summed E-state index contributed by atoms with van der Waals surface area (Å²) in [6.07, 6.45) is 3.36. The van der Waals surface area contributed by atoms with Crippen molar-refractivity contribution in [3.63, 3.8) is 0 Å². The lowest BCUT2D eigenvalue weighted by Gasteiger charge is -2.14. The predicted molar refractivity (Wildman–Crippen MR) is 69.0 cm³/mol. The van der Waals surface area contributed by atoms with Gasteiger partial charge in [-0.25, -0.2) is 4.79 Å².